The van der Waals surface area contributed by atoms with Crippen LogP contribution < -0.4 is 0 Å². The Labute approximate surface area is 211 Å². The Morgan fingerprint density at radius 2 is 1.59 bits per heavy atom. The molecule has 0 saturated heterocycles. The predicted molar refractivity (Wildman–Crippen MR) is 153 cm³/mol. The summed E-state index contributed by atoms with van der Waals surface area (Å²) in [6.07, 6.45) is 8.15. The number of benzene rings is 2. The molecule has 174 valence electrons. The van der Waals surface area contributed by atoms with Crippen LogP contribution in [-0.4, -0.2) is 3.92 Å². The van der Waals surface area contributed by atoms with Gasteiger partial charge in [-0.15, -0.1) is 0 Å². The third-order valence-electron chi connectivity index (χ3n) is 7.25. The summed E-state index contributed by atoms with van der Waals surface area (Å²) in [5.41, 5.74) is 9.67. The minimum Gasteiger partial charge on any atom is -0.0826 e. The van der Waals surface area contributed by atoms with Crippen molar-refractivity contribution in [1.82, 2.24) is 0 Å². The Hall–Kier alpha value is -1.35. The van der Waals surface area contributed by atoms with Gasteiger partial charge in [0.05, 0.1) is 0 Å². The van der Waals surface area contributed by atoms with E-state index in [2.05, 4.69) is 133 Å². The zero-order valence-electron chi connectivity index (χ0n) is 21.5. The summed E-state index contributed by atoms with van der Waals surface area (Å²) in [6, 6.07) is 15.9. The third-order valence-corrected chi connectivity index (χ3v) is 8.64. The van der Waals surface area contributed by atoms with E-state index < -0.39 is 0 Å². The SMILES string of the molecule is CC[C@@H](I)C[C@H](C)[C@@H](C)[C@@H](C)c1ccc(C)c(C/C(C)=C/C=C(\C)c2ccc(C)cc2)c1. The number of alkyl halides is 1. The fraction of sp³-hybridized carbons (Fsp3) is 0.484. The molecule has 0 aliphatic rings. The lowest BCUT2D eigenvalue weighted by atomic mass is 9.78. The van der Waals surface area contributed by atoms with Gasteiger partial charge in [-0.1, -0.05) is 116 Å². The average Bonchev–Trinajstić information content (AvgIpc) is 2.78. The van der Waals surface area contributed by atoms with Gasteiger partial charge in [0.1, 0.15) is 0 Å². The molecule has 0 aromatic heterocycles. The van der Waals surface area contributed by atoms with Crippen molar-refractivity contribution in [3.63, 3.8) is 0 Å². The van der Waals surface area contributed by atoms with Crippen LogP contribution in [0.4, 0.5) is 0 Å². The molecular weight excluding hydrogens is 499 g/mol. The third kappa shape index (κ3) is 7.90. The van der Waals surface area contributed by atoms with Crippen LogP contribution in [0.15, 0.2) is 60.2 Å². The highest BCUT2D eigenvalue weighted by Crippen LogP contribution is 2.34. The summed E-state index contributed by atoms with van der Waals surface area (Å²) in [7, 11) is 0. The summed E-state index contributed by atoms with van der Waals surface area (Å²) < 4.78 is 0.787. The summed E-state index contributed by atoms with van der Waals surface area (Å²) >= 11 is 2.62. The number of rotatable bonds is 10. The minimum absolute atomic E-state index is 0.581. The van der Waals surface area contributed by atoms with Crippen molar-refractivity contribution in [2.75, 3.05) is 0 Å². The van der Waals surface area contributed by atoms with E-state index >= 15 is 0 Å². The Balaban J connectivity index is 2.13. The maximum Gasteiger partial charge on any atom is 0.0110 e. The Morgan fingerprint density at radius 3 is 2.22 bits per heavy atom. The van der Waals surface area contributed by atoms with E-state index in [9.17, 15) is 0 Å². The maximum absolute atomic E-state index is 2.62. The van der Waals surface area contributed by atoms with E-state index in [1.54, 1.807) is 0 Å². The van der Waals surface area contributed by atoms with Crippen LogP contribution in [0.2, 0.25) is 0 Å². The number of aryl methyl sites for hydroxylation is 2. The first kappa shape index (κ1) is 26.9. The molecule has 0 aliphatic heterocycles. The molecule has 0 fully saturated rings. The molecule has 0 bridgehead atoms. The lowest BCUT2D eigenvalue weighted by molar-refractivity contribution is 0.319. The van der Waals surface area contributed by atoms with Crippen LogP contribution in [0.25, 0.3) is 5.57 Å². The standard InChI is InChI=1S/C31H43I/c1-9-31(32)19-25(6)26(7)27(8)29-17-14-24(5)30(20-29)18-22(3)10-13-23(4)28-15-11-21(2)12-16-28/h10-17,20,25-27,31H,9,18-19H2,1-8H3/b22-10+,23-13+/t25-,26+,27+,31+/m0/s1. The molecule has 2 aromatic carbocycles. The van der Waals surface area contributed by atoms with Crippen LogP contribution >= 0.6 is 22.6 Å². The van der Waals surface area contributed by atoms with Gasteiger partial charge in [-0.25, -0.2) is 0 Å². The molecule has 0 heterocycles. The number of halogens is 1. The molecule has 0 N–H and O–H groups in total. The van der Waals surface area contributed by atoms with Gasteiger partial charge in [-0.05, 0) is 92.5 Å². The summed E-state index contributed by atoms with van der Waals surface area (Å²) in [6.45, 7) is 18.4. The van der Waals surface area contributed by atoms with Crippen molar-refractivity contribution in [1.29, 1.82) is 0 Å². The lowest BCUT2D eigenvalue weighted by Crippen LogP contribution is -2.18. The molecule has 2 rings (SSSR count). The molecule has 0 nitrogen and oxygen atoms in total. The predicted octanol–water partition coefficient (Wildman–Crippen LogP) is 9.88. The van der Waals surface area contributed by atoms with E-state index in [4.69, 9.17) is 0 Å². The molecule has 0 aliphatic carbocycles. The zero-order chi connectivity index (χ0) is 23.8. The normalized spacial score (nSPS) is 16.5. The Morgan fingerprint density at radius 1 is 0.938 bits per heavy atom. The topological polar surface area (TPSA) is 0 Å². The minimum atomic E-state index is 0.581. The molecule has 0 spiro atoms. The van der Waals surface area contributed by atoms with Crippen LogP contribution in [0.1, 0.15) is 88.1 Å². The molecular formula is C31H43I. The van der Waals surface area contributed by atoms with E-state index in [-0.39, 0.29) is 0 Å². The second-order valence-corrected chi connectivity index (χ2v) is 11.7. The lowest BCUT2D eigenvalue weighted by Gasteiger charge is -2.28. The van der Waals surface area contributed by atoms with Gasteiger partial charge in [-0.2, -0.15) is 0 Å². The van der Waals surface area contributed by atoms with Crippen molar-refractivity contribution in [3.05, 3.63) is 88.0 Å². The van der Waals surface area contributed by atoms with Crippen LogP contribution in [0.5, 0.6) is 0 Å². The van der Waals surface area contributed by atoms with Gasteiger partial charge in [0, 0.05) is 3.92 Å². The molecule has 4 atom stereocenters. The van der Waals surface area contributed by atoms with Gasteiger partial charge in [-0.3, -0.25) is 0 Å². The molecule has 0 saturated carbocycles. The van der Waals surface area contributed by atoms with E-state index in [1.165, 1.54) is 51.8 Å². The number of hydrogen-bond donors (Lipinski definition) is 0. The molecule has 2 aromatic rings. The van der Waals surface area contributed by atoms with Crippen molar-refractivity contribution >= 4 is 28.2 Å². The molecule has 1 heteroatoms. The van der Waals surface area contributed by atoms with Crippen molar-refractivity contribution in [2.24, 2.45) is 11.8 Å². The second-order valence-electron chi connectivity index (χ2n) is 9.96. The zero-order valence-corrected chi connectivity index (χ0v) is 23.7. The molecule has 0 amide bonds. The van der Waals surface area contributed by atoms with E-state index in [0.717, 1.165) is 16.3 Å². The fourth-order valence-electron chi connectivity index (χ4n) is 4.29. The van der Waals surface area contributed by atoms with Crippen molar-refractivity contribution < 1.29 is 0 Å². The summed E-state index contributed by atoms with van der Waals surface area (Å²) in [5.74, 6) is 2.01. The monoisotopic (exact) mass is 542 g/mol. The van der Waals surface area contributed by atoms with E-state index in [1.807, 2.05) is 0 Å². The van der Waals surface area contributed by atoms with Gasteiger partial charge in [0.2, 0.25) is 0 Å². The highest BCUT2D eigenvalue weighted by molar-refractivity contribution is 14.1. The van der Waals surface area contributed by atoms with Crippen LogP contribution in [-0.2, 0) is 6.42 Å². The van der Waals surface area contributed by atoms with Gasteiger partial charge < -0.3 is 0 Å². The average molecular weight is 543 g/mol. The molecule has 0 radical (unpaired) electrons. The summed E-state index contributed by atoms with van der Waals surface area (Å²) in [5, 5.41) is 0. The Kier molecular flexibility index (Phi) is 10.7. The highest BCUT2D eigenvalue weighted by atomic mass is 127. The molecule has 32 heavy (non-hydrogen) atoms. The largest absolute Gasteiger partial charge is 0.0826 e. The smallest absolute Gasteiger partial charge is 0.0110 e. The van der Waals surface area contributed by atoms with Crippen LogP contribution in [0.3, 0.4) is 0 Å². The number of hydrogen-bond acceptors (Lipinski definition) is 0. The van der Waals surface area contributed by atoms with Gasteiger partial charge in [0.15, 0.2) is 0 Å². The quantitative estimate of drug-likeness (QED) is 0.159. The van der Waals surface area contributed by atoms with Crippen molar-refractivity contribution in [2.45, 2.75) is 84.5 Å². The van der Waals surface area contributed by atoms with Gasteiger partial charge in [0.25, 0.3) is 0 Å². The van der Waals surface area contributed by atoms with Crippen LogP contribution in [0, 0.1) is 25.7 Å². The Bertz CT molecular complexity index is 916. The van der Waals surface area contributed by atoms with Gasteiger partial charge >= 0.3 is 0 Å². The first-order chi connectivity index (χ1) is 15.1. The fourth-order valence-corrected chi connectivity index (χ4v) is 5.09. The first-order valence-electron chi connectivity index (χ1n) is 12.3. The highest BCUT2D eigenvalue weighted by Gasteiger charge is 2.22. The second kappa shape index (κ2) is 12.8. The first-order valence-corrected chi connectivity index (χ1v) is 13.5. The van der Waals surface area contributed by atoms with E-state index in [0.29, 0.717) is 11.8 Å². The molecule has 0 unspecified atom stereocenters. The number of allylic oxidation sites excluding steroid dienone is 4. The van der Waals surface area contributed by atoms with Crippen molar-refractivity contribution in [3.8, 4) is 0 Å². The summed E-state index contributed by atoms with van der Waals surface area (Å²) in [4.78, 5) is 0. The maximum atomic E-state index is 2.62.